The molecule has 0 bridgehead atoms. The summed E-state index contributed by atoms with van der Waals surface area (Å²) in [4.78, 5) is 28.2. The monoisotopic (exact) mass is 466 g/mol. The van der Waals surface area contributed by atoms with Crippen molar-refractivity contribution in [3.8, 4) is 5.75 Å². The van der Waals surface area contributed by atoms with Gasteiger partial charge in [0.05, 0.1) is 11.3 Å². The maximum Gasteiger partial charge on any atom is 0.573 e. The first-order chi connectivity index (χ1) is 16.0. The molecule has 4 rings (SSSR count). The van der Waals surface area contributed by atoms with E-state index >= 15 is 0 Å². The first-order valence-electron chi connectivity index (χ1n) is 10.4. The van der Waals surface area contributed by atoms with Crippen molar-refractivity contribution >= 4 is 28.8 Å². The molecule has 2 amide bonds. The molecular formula is C26H21F3N2O3. The van der Waals surface area contributed by atoms with E-state index in [4.69, 9.17) is 0 Å². The molecule has 1 N–H and O–H groups in total. The molecule has 34 heavy (non-hydrogen) atoms. The summed E-state index contributed by atoms with van der Waals surface area (Å²) in [6.07, 6.45) is -4.86. The predicted octanol–water partition coefficient (Wildman–Crippen LogP) is 5.91. The van der Waals surface area contributed by atoms with E-state index in [1.807, 2.05) is 26.0 Å². The second-order valence-corrected chi connectivity index (χ2v) is 8.00. The van der Waals surface area contributed by atoms with Crippen LogP contribution in [0.4, 0.5) is 24.5 Å². The van der Waals surface area contributed by atoms with Gasteiger partial charge in [-0.3, -0.25) is 9.59 Å². The molecule has 0 saturated carbocycles. The van der Waals surface area contributed by atoms with Gasteiger partial charge in [-0.1, -0.05) is 48.0 Å². The Labute approximate surface area is 194 Å². The van der Waals surface area contributed by atoms with Gasteiger partial charge in [-0.05, 0) is 55.7 Å². The lowest BCUT2D eigenvalue weighted by molar-refractivity contribution is -0.274. The number of carbonyl (C=O) groups is 2. The van der Waals surface area contributed by atoms with E-state index in [9.17, 15) is 22.8 Å². The predicted molar refractivity (Wildman–Crippen MR) is 123 cm³/mol. The third-order valence-electron chi connectivity index (χ3n) is 5.43. The van der Waals surface area contributed by atoms with Gasteiger partial charge in [-0.2, -0.15) is 0 Å². The standard InChI is InChI=1S/C26H21F3N2O3/c1-15-11-12-20(17(3)13-15)22-23(30-18-8-6-9-19(14-18)34-26(27,28)29)25(33)31(24(22)32)21-10-5-4-7-16(21)2/h4-14,30H,1-3H3. The van der Waals surface area contributed by atoms with E-state index in [1.54, 1.807) is 37.3 Å². The second-order valence-electron chi connectivity index (χ2n) is 8.00. The van der Waals surface area contributed by atoms with Crippen molar-refractivity contribution in [2.45, 2.75) is 27.1 Å². The van der Waals surface area contributed by atoms with Crippen molar-refractivity contribution in [2.75, 3.05) is 10.2 Å². The Bertz CT molecular complexity index is 1330. The lowest BCUT2D eigenvalue weighted by atomic mass is 9.97. The summed E-state index contributed by atoms with van der Waals surface area (Å²) in [6.45, 7) is 5.53. The van der Waals surface area contributed by atoms with Crippen LogP contribution >= 0.6 is 0 Å². The summed E-state index contributed by atoms with van der Waals surface area (Å²) < 4.78 is 42.0. The van der Waals surface area contributed by atoms with Crippen molar-refractivity contribution in [1.29, 1.82) is 0 Å². The van der Waals surface area contributed by atoms with Crippen molar-refractivity contribution in [1.82, 2.24) is 0 Å². The molecule has 3 aromatic carbocycles. The Morgan fingerprint density at radius 1 is 0.824 bits per heavy atom. The van der Waals surface area contributed by atoms with Crippen LogP contribution in [0.2, 0.25) is 0 Å². The number of anilines is 2. The summed E-state index contributed by atoms with van der Waals surface area (Å²) >= 11 is 0. The molecule has 5 nitrogen and oxygen atoms in total. The Morgan fingerprint density at radius 3 is 2.24 bits per heavy atom. The van der Waals surface area contributed by atoms with Crippen LogP contribution in [0.15, 0.2) is 72.4 Å². The van der Waals surface area contributed by atoms with Gasteiger partial charge in [0.2, 0.25) is 0 Å². The van der Waals surface area contributed by atoms with Gasteiger partial charge in [0.1, 0.15) is 11.4 Å². The normalized spacial score (nSPS) is 14.1. The van der Waals surface area contributed by atoms with Crippen LogP contribution in [0.1, 0.15) is 22.3 Å². The smallest absolute Gasteiger partial charge is 0.406 e. The Kier molecular flexibility index (Phi) is 5.91. The summed E-state index contributed by atoms with van der Waals surface area (Å²) in [7, 11) is 0. The Morgan fingerprint density at radius 2 is 1.56 bits per heavy atom. The fourth-order valence-electron chi connectivity index (χ4n) is 3.94. The van der Waals surface area contributed by atoms with Crippen LogP contribution in [-0.2, 0) is 9.59 Å². The van der Waals surface area contributed by atoms with Crippen LogP contribution in [0, 0.1) is 20.8 Å². The van der Waals surface area contributed by atoms with E-state index in [0.29, 0.717) is 11.3 Å². The number of hydrogen-bond acceptors (Lipinski definition) is 4. The lowest BCUT2D eigenvalue weighted by Gasteiger charge is -2.18. The molecule has 8 heteroatoms. The van der Waals surface area contributed by atoms with Gasteiger partial charge in [-0.15, -0.1) is 13.2 Å². The average Bonchev–Trinajstić information content (AvgIpc) is 2.97. The fourth-order valence-corrected chi connectivity index (χ4v) is 3.94. The van der Waals surface area contributed by atoms with E-state index in [0.717, 1.165) is 33.7 Å². The summed E-state index contributed by atoms with van der Waals surface area (Å²) in [5.74, 6) is -1.56. The summed E-state index contributed by atoms with van der Waals surface area (Å²) in [6, 6.07) is 17.6. The molecule has 0 atom stereocenters. The van der Waals surface area contributed by atoms with Crippen molar-refractivity contribution in [2.24, 2.45) is 0 Å². The number of alkyl halides is 3. The number of nitrogens with zero attached hydrogens (tertiary/aromatic N) is 1. The molecule has 0 unspecified atom stereocenters. The third-order valence-corrected chi connectivity index (χ3v) is 5.43. The zero-order chi connectivity index (χ0) is 24.6. The molecule has 1 heterocycles. The molecule has 1 aliphatic heterocycles. The van der Waals surface area contributed by atoms with Gasteiger partial charge in [-0.25, -0.2) is 4.90 Å². The molecule has 0 saturated heterocycles. The van der Waals surface area contributed by atoms with Crippen molar-refractivity contribution in [3.05, 3.63) is 94.7 Å². The molecule has 174 valence electrons. The zero-order valence-corrected chi connectivity index (χ0v) is 18.7. The van der Waals surface area contributed by atoms with E-state index in [2.05, 4.69) is 10.1 Å². The SMILES string of the molecule is Cc1ccc(C2=C(Nc3cccc(OC(F)(F)F)c3)C(=O)N(c3ccccc3C)C2=O)c(C)c1. The number of para-hydroxylation sites is 1. The number of halogens is 3. The molecule has 0 fully saturated rings. The van der Waals surface area contributed by atoms with Crippen LogP contribution in [0.3, 0.4) is 0 Å². The van der Waals surface area contributed by atoms with Crippen LogP contribution in [0.5, 0.6) is 5.75 Å². The first-order valence-corrected chi connectivity index (χ1v) is 10.4. The Balaban J connectivity index is 1.82. The van der Waals surface area contributed by atoms with E-state index in [-0.39, 0.29) is 17.0 Å². The highest BCUT2D eigenvalue weighted by Gasteiger charge is 2.41. The highest BCUT2D eigenvalue weighted by atomic mass is 19.4. The topological polar surface area (TPSA) is 58.6 Å². The molecule has 0 spiro atoms. The van der Waals surface area contributed by atoms with Gasteiger partial charge in [0.15, 0.2) is 0 Å². The maximum absolute atomic E-state index is 13.6. The number of carbonyl (C=O) groups excluding carboxylic acids is 2. The zero-order valence-electron chi connectivity index (χ0n) is 18.7. The molecule has 0 radical (unpaired) electrons. The van der Waals surface area contributed by atoms with Crippen molar-refractivity contribution in [3.63, 3.8) is 0 Å². The number of ether oxygens (including phenoxy) is 1. The largest absolute Gasteiger partial charge is 0.573 e. The summed E-state index contributed by atoms with van der Waals surface area (Å²) in [5, 5.41) is 2.88. The highest BCUT2D eigenvalue weighted by molar-refractivity contribution is 6.46. The second kappa shape index (κ2) is 8.70. The maximum atomic E-state index is 13.6. The number of benzene rings is 3. The highest BCUT2D eigenvalue weighted by Crippen LogP contribution is 2.37. The average molecular weight is 466 g/mol. The first kappa shape index (κ1) is 23.1. The van der Waals surface area contributed by atoms with E-state index < -0.39 is 23.9 Å². The van der Waals surface area contributed by atoms with Gasteiger partial charge in [0, 0.05) is 11.8 Å². The molecular weight excluding hydrogens is 445 g/mol. The molecule has 1 aliphatic rings. The number of rotatable bonds is 5. The van der Waals surface area contributed by atoms with E-state index in [1.165, 1.54) is 12.1 Å². The number of hydrogen-bond donors (Lipinski definition) is 1. The van der Waals surface area contributed by atoms with Gasteiger partial charge < -0.3 is 10.1 Å². The molecule has 0 aliphatic carbocycles. The number of amides is 2. The van der Waals surface area contributed by atoms with Crippen LogP contribution in [-0.4, -0.2) is 18.2 Å². The third kappa shape index (κ3) is 4.52. The minimum absolute atomic E-state index is 0.0237. The number of aryl methyl sites for hydroxylation is 3. The minimum atomic E-state index is -4.86. The minimum Gasteiger partial charge on any atom is -0.406 e. The van der Waals surface area contributed by atoms with Crippen LogP contribution in [0.25, 0.3) is 5.57 Å². The molecule has 3 aromatic rings. The van der Waals surface area contributed by atoms with Crippen LogP contribution < -0.4 is 15.0 Å². The summed E-state index contributed by atoms with van der Waals surface area (Å²) in [5.41, 5.74) is 3.79. The fraction of sp³-hybridized carbons (Fsp3) is 0.154. The van der Waals surface area contributed by atoms with Crippen molar-refractivity contribution < 1.29 is 27.5 Å². The van der Waals surface area contributed by atoms with Gasteiger partial charge >= 0.3 is 6.36 Å². The lowest BCUT2D eigenvalue weighted by Crippen LogP contribution is -2.33. The molecule has 0 aromatic heterocycles. The number of imide groups is 1. The quantitative estimate of drug-likeness (QED) is 0.475. The van der Waals surface area contributed by atoms with Gasteiger partial charge in [0.25, 0.3) is 11.8 Å². The Hall–Kier alpha value is -4.07. The number of nitrogens with one attached hydrogen (secondary N) is 1.